The molecule has 0 saturated carbocycles. The van der Waals surface area contributed by atoms with Crippen LogP contribution in [0.3, 0.4) is 0 Å². The first-order valence-corrected chi connectivity index (χ1v) is 10.9. The zero-order valence-electron chi connectivity index (χ0n) is 15.3. The zero-order chi connectivity index (χ0) is 18.3. The molecule has 140 valence electrons. The van der Waals surface area contributed by atoms with Crippen LogP contribution in [0.2, 0.25) is 0 Å². The van der Waals surface area contributed by atoms with E-state index in [-0.39, 0.29) is 11.8 Å². The van der Waals surface area contributed by atoms with Crippen LogP contribution in [-0.2, 0) is 10.5 Å². The first-order valence-electron chi connectivity index (χ1n) is 9.71. The smallest absolute Gasteiger partial charge is 0.256 e. The summed E-state index contributed by atoms with van der Waals surface area (Å²) in [6.07, 6.45) is 0. The topological polar surface area (TPSA) is 32.8 Å². The summed E-state index contributed by atoms with van der Waals surface area (Å²) in [5.74, 6) is 2.56. The number of nitrogens with zero attached hydrogens (tertiary/aromatic N) is 2. The molecule has 4 nitrogen and oxygen atoms in total. The molecule has 2 fully saturated rings. The number of amides is 1. The van der Waals surface area contributed by atoms with E-state index in [1.807, 2.05) is 47.0 Å². The Hall–Kier alpha value is -1.82. The Morgan fingerprint density at radius 3 is 2.56 bits per heavy atom. The predicted molar refractivity (Wildman–Crippen MR) is 108 cm³/mol. The molecule has 0 aromatic heterocycles. The summed E-state index contributed by atoms with van der Waals surface area (Å²) < 4.78 is 6.49. The summed E-state index contributed by atoms with van der Waals surface area (Å²) in [7, 11) is 0. The molecule has 5 heteroatoms. The van der Waals surface area contributed by atoms with Gasteiger partial charge in [-0.25, -0.2) is 0 Å². The average Bonchev–Trinajstić information content (AvgIpc) is 3.19. The number of carbonyl (C=O) groups is 1. The zero-order valence-corrected chi connectivity index (χ0v) is 16.2. The third kappa shape index (κ3) is 2.72. The summed E-state index contributed by atoms with van der Waals surface area (Å²) in [4.78, 5) is 17.9. The molecular weight excluding hydrogens is 356 g/mol. The van der Waals surface area contributed by atoms with Gasteiger partial charge in [0.2, 0.25) is 0 Å². The number of carbonyl (C=O) groups excluding carboxylic acids is 1. The molecule has 3 heterocycles. The summed E-state index contributed by atoms with van der Waals surface area (Å²) in [5.41, 5.74) is 2.35. The highest BCUT2D eigenvalue weighted by atomic mass is 32.2. The van der Waals surface area contributed by atoms with E-state index < -0.39 is 5.72 Å². The lowest BCUT2D eigenvalue weighted by molar-refractivity contribution is -0.105. The van der Waals surface area contributed by atoms with E-state index >= 15 is 0 Å². The maximum absolute atomic E-state index is 13.3. The van der Waals surface area contributed by atoms with Gasteiger partial charge in [-0.15, -0.1) is 0 Å². The Morgan fingerprint density at radius 1 is 1.00 bits per heavy atom. The minimum absolute atomic E-state index is 0.0948. The van der Waals surface area contributed by atoms with Gasteiger partial charge in [-0.1, -0.05) is 48.5 Å². The molecule has 0 radical (unpaired) electrons. The maximum Gasteiger partial charge on any atom is 0.256 e. The first-order chi connectivity index (χ1) is 13.3. The second kappa shape index (κ2) is 6.97. The molecule has 3 aliphatic rings. The molecule has 2 aromatic carbocycles. The van der Waals surface area contributed by atoms with Gasteiger partial charge in [-0.2, -0.15) is 11.8 Å². The van der Waals surface area contributed by atoms with Crippen molar-refractivity contribution in [3.05, 3.63) is 71.3 Å². The first kappa shape index (κ1) is 17.3. The third-order valence-corrected chi connectivity index (χ3v) is 7.00. The molecule has 2 aromatic rings. The lowest BCUT2D eigenvalue weighted by atomic mass is 9.76. The molecule has 0 spiro atoms. The lowest BCUT2D eigenvalue weighted by Gasteiger charge is -2.49. The van der Waals surface area contributed by atoms with Crippen molar-refractivity contribution in [2.24, 2.45) is 0 Å². The quantitative estimate of drug-likeness (QED) is 0.819. The summed E-state index contributed by atoms with van der Waals surface area (Å²) in [6.45, 7) is 4.34. The van der Waals surface area contributed by atoms with Gasteiger partial charge in [0, 0.05) is 48.8 Å². The highest BCUT2D eigenvalue weighted by Gasteiger charge is 2.56. The number of rotatable bonds is 3. The number of ether oxygens (including phenoxy) is 1. The van der Waals surface area contributed by atoms with Gasteiger partial charge in [0.1, 0.15) is 0 Å². The van der Waals surface area contributed by atoms with E-state index in [1.54, 1.807) is 0 Å². The normalized spacial score (nSPS) is 28.1. The van der Waals surface area contributed by atoms with Crippen LogP contribution in [0, 0.1) is 0 Å². The van der Waals surface area contributed by atoms with Crippen LogP contribution in [-0.4, -0.2) is 60.0 Å². The second-order valence-electron chi connectivity index (χ2n) is 7.42. The number of thioether (sulfide) groups is 1. The average molecular weight is 381 g/mol. The van der Waals surface area contributed by atoms with Crippen LogP contribution in [0.15, 0.2) is 54.6 Å². The summed E-state index contributed by atoms with van der Waals surface area (Å²) in [6, 6.07) is 18.5. The molecular formula is C22H24N2O2S. The SMILES string of the molecule is O=C1c2ccccc2[C@@H](CN2CCSCC2)[C@@]2(c3ccccc3)OCCN12. The molecule has 2 atom stereocenters. The van der Waals surface area contributed by atoms with Gasteiger partial charge in [0.05, 0.1) is 12.5 Å². The van der Waals surface area contributed by atoms with Crippen LogP contribution in [0.1, 0.15) is 27.4 Å². The Morgan fingerprint density at radius 2 is 1.74 bits per heavy atom. The minimum Gasteiger partial charge on any atom is -0.349 e. The molecule has 0 bridgehead atoms. The minimum atomic E-state index is -0.697. The second-order valence-corrected chi connectivity index (χ2v) is 8.65. The molecule has 3 aliphatic heterocycles. The van der Waals surface area contributed by atoms with Crippen molar-refractivity contribution < 1.29 is 9.53 Å². The highest BCUT2D eigenvalue weighted by Crippen LogP contribution is 2.51. The van der Waals surface area contributed by atoms with Crippen LogP contribution in [0.25, 0.3) is 0 Å². The largest absolute Gasteiger partial charge is 0.349 e. The molecule has 27 heavy (non-hydrogen) atoms. The predicted octanol–water partition coefficient (Wildman–Crippen LogP) is 3.16. The van der Waals surface area contributed by atoms with E-state index in [9.17, 15) is 4.79 Å². The molecule has 0 aliphatic carbocycles. The van der Waals surface area contributed by atoms with Crippen molar-refractivity contribution in [3.63, 3.8) is 0 Å². The molecule has 5 rings (SSSR count). The Labute approximate surface area is 164 Å². The van der Waals surface area contributed by atoms with Crippen LogP contribution >= 0.6 is 11.8 Å². The van der Waals surface area contributed by atoms with Crippen molar-refractivity contribution in [2.75, 3.05) is 44.3 Å². The molecule has 2 saturated heterocycles. The van der Waals surface area contributed by atoms with Gasteiger partial charge >= 0.3 is 0 Å². The number of benzene rings is 2. The standard InChI is InChI=1S/C22H24N2O2S/c25-21-19-9-5-4-8-18(19)20(16-23-11-14-27-15-12-23)22(24(21)10-13-26-22)17-6-2-1-3-7-17/h1-9,20H,10-16H2/t20-,22-/m1/s1. The number of fused-ring (bicyclic) bond motifs is 2. The molecule has 0 unspecified atom stereocenters. The third-order valence-electron chi connectivity index (χ3n) is 6.05. The van der Waals surface area contributed by atoms with E-state index in [0.29, 0.717) is 13.2 Å². The van der Waals surface area contributed by atoms with Crippen molar-refractivity contribution in [2.45, 2.75) is 11.6 Å². The van der Waals surface area contributed by atoms with Gasteiger partial charge in [0.25, 0.3) is 5.91 Å². The Balaban J connectivity index is 1.66. The van der Waals surface area contributed by atoms with E-state index in [4.69, 9.17) is 4.74 Å². The van der Waals surface area contributed by atoms with Crippen molar-refractivity contribution in [3.8, 4) is 0 Å². The fourth-order valence-electron chi connectivity index (χ4n) is 4.81. The molecule has 0 N–H and O–H groups in total. The summed E-state index contributed by atoms with van der Waals surface area (Å²) in [5, 5.41) is 0. The van der Waals surface area contributed by atoms with Gasteiger partial charge in [-0.05, 0) is 11.6 Å². The molecule has 1 amide bonds. The number of hydrogen-bond acceptors (Lipinski definition) is 4. The van der Waals surface area contributed by atoms with Gasteiger partial charge in [-0.3, -0.25) is 4.79 Å². The summed E-state index contributed by atoms with van der Waals surface area (Å²) >= 11 is 2.02. The van der Waals surface area contributed by atoms with Crippen LogP contribution < -0.4 is 0 Å². The maximum atomic E-state index is 13.3. The van der Waals surface area contributed by atoms with E-state index in [0.717, 1.165) is 36.3 Å². The van der Waals surface area contributed by atoms with E-state index in [2.05, 4.69) is 29.2 Å². The fraction of sp³-hybridized carbons (Fsp3) is 0.409. The van der Waals surface area contributed by atoms with Gasteiger partial charge < -0.3 is 14.5 Å². The van der Waals surface area contributed by atoms with Crippen molar-refractivity contribution >= 4 is 17.7 Å². The van der Waals surface area contributed by atoms with E-state index in [1.165, 1.54) is 11.5 Å². The monoisotopic (exact) mass is 380 g/mol. The highest BCUT2D eigenvalue weighted by molar-refractivity contribution is 7.99. The van der Waals surface area contributed by atoms with Crippen LogP contribution in [0.5, 0.6) is 0 Å². The number of hydrogen-bond donors (Lipinski definition) is 0. The van der Waals surface area contributed by atoms with Crippen molar-refractivity contribution in [1.82, 2.24) is 9.80 Å². The fourth-order valence-corrected chi connectivity index (χ4v) is 5.79. The van der Waals surface area contributed by atoms with Crippen LogP contribution in [0.4, 0.5) is 0 Å². The lowest BCUT2D eigenvalue weighted by Crippen LogP contribution is -2.56. The van der Waals surface area contributed by atoms with Crippen molar-refractivity contribution in [1.29, 1.82) is 0 Å². The van der Waals surface area contributed by atoms with Gasteiger partial charge in [0.15, 0.2) is 5.72 Å². The Bertz CT molecular complexity index is 837. The Kier molecular flexibility index (Phi) is 4.46.